The number of nitrogens with zero attached hydrogens (tertiary/aromatic N) is 2. The molecular formula is C21H23FN2O5. The highest BCUT2D eigenvalue weighted by molar-refractivity contribution is 5.91. The number of halogens is 1. The van der Waals surface area contributed by atoms with Crippen molar-refractivity contribution < 1.29 is 28.2 Å². The fourth-order valence-corrected chi connectivity index (χ4v) is 3.18. The maximum Gasteiger partial charge on any atom is 0.338 e. The lowest BCUT2D eigenvalue weighted by atomic mass is 10.2. The maximum absolute atomic E-state index is 13.7. The number of ether oxygens (including phenoxy) is 3. The highest BCUT2D eigenvalue weighted by atomic mass is 19.1. The second kappa shape index (κ2) is 9.27. The minimum absolute atomic E-state index is 0.0251. The first-order valence-corrected chi connectivity index (χ1v) is 9.20. The molecule has 0 aliphatic carbocycles. The van der Waals surface area contributed by atoms with E-state index in [9.17, 15) is 14.0 Å². The number of hydrogen-bond donors (Lipinski definition) is 0. The van der Waals surface area contributed by atoms with Crippen LogP contribution in [0.25, 0.3) is 0 Å². The Morgan fingerprint density at radius 2 is 1.66 bits per heavy atom. The van der Waals surface area contributed by atoms with E-state index in [1.165, 1.54) is 19.2 Å². The topological polar surface area (TPSA) is 68.3 Å². The fraction of sp³-hybridized carbons (Fsp3) is 0.333. The van der Waals surface area contributed by atoms with Gasteiger partial charge < -0.3 is 24.0 Å². The van der Waals surface area contributed by atoms with Gasteiger partial charge in [0.2, 0.25) is 0 Å². The normalized spacial score (nSPS) is 13.8. The molecule has 0 aromatic heterocycles. The number of carbonyl (C=O) groups is 2. The van der Waals surface area contributed by atoms with Crippen molar-refractivity contribution in [1.82, 2.24) is 4.90 Å². The minimum Gasteiger partial charge on any atom is -0.495 e. The predicted molar refractivity (Wildman–Crippen MR) is 105 cm³/mol. The summed E-state index contributed by atoms with van der Waals surface area (Å²) in [5.74, 6) is -0.890. The molecule has 1 aliphatic rings. The Morgan fingerprint density at radius 1 is 0.966 bits per heavy atom. The fourth-order valence-electron chi connectivity index (χ4n) is 3.18. The first-order valence-electron chi connectivity index (χ1n) is 9.20. The van der Waals surface area contributed by atoms with Crippen LogP contribution in [-0.2, 0) is 9.53 Å². The first kappa shape index (κ1) is 20.4. The van der Waals surface area contributed by atoms with E-state index < -0.39 is 11.8 Å². The summed E-state index contributed by atoms with van der Waals surface area (Å²) in [6.07, 6.45) is 0. The number of benzene rings is 2. The average molecular weight is 402 g/mol. The van der Waals surface area contributed by atoms with Gasteiger partial charge in [-0.25, -0.2) is 9.18 Å². The van der Waals surface area contributed by atoms with E-state index in [-0.39, 0.29) is 23.8 Å². The molecule has 1 aliphatic heterocycles. The van der Waals surface area contributed by atoms with Crippen molar-refractivity contribution in [3.63, 3.8) is 0 Å². The van der Waals surface area contributed by atoms with Gasteiger partial charge in [0, 0.05) is 26.2 Å². The molecule has 1 fully saturated rings. The van der Waals surface area contributed by atoms with Crippen molar-refractivity contribution in [2.24, 2.45) is 0 Å². The zero-order chi connectivity index (χ0) is 20.8. The van der Waals surface area contributed by atoms with Crippen LogP contribution >= 0.6 is 0 Å². The summed E-state index contributed by atoms with van der Waals surface area (Å²) in [6, 6.07) is 11.5. The number of methoxy groups -OCH3 is 2. The van der Waals surface area contributed by atoms with Crippen LogP contribution in [0.3, 0.4) is 0 Å². The highest BCUT2D eigenvalue weighted by Crippen LogP contribution is 2.28. The van der Waals surface area contributed by atoms with Gasteiger partial charge >= 0.3 is 5.97 Å². The molecule has 0 atom stereocenters. The van der Waals surface area contributed by atoms with Crippen molar-refractivity contribution in [3.05, 3.63) is 53.8 Å². The van der Waals surface area contributed by atoms with Gasteiger partial charge in [-0.3, -0.25) is 4.79 Å². The SMILES string of the molecule is COc1ccc(C(=O)OCC(=O)N2CCN(c3ccccc3OC)CC2)cc1F. The zero-order valence-corrected chi connectivity index (χ0v) is 16.4. The quantitative estimate of drug-likeness (QED) is 0.691. The van der Waals surface area contributed by atoms with Crippen LogP contribution in [0.5, 0.6) is 11.5 Å². The predicted octanol–water partition coefficient (Wildman–Crippen LogP) is 2.35. The monoisotopic (exact) mass is 402 g/mol. The number of rotatable bonds is 6. The van der Waals surface area contributed by atoms with E-state index in [1.54, 1.807) is 12.0 Å². The number of anilines is 1. The second-order valence-corrected chi connectivity index (χ2v) is 6.47. The molecule has 0 bridgehead atoms. The molecule has 0 unspecified atom stereocenters. The molecular weight excluding hydrogens is 379 g/mol. The molecule has 0 radical (unpaired) electrons. The van der Waals surface area contributed by atoms with E-state index in [4.69, 9.17) is 14.2 Å². The third-order valence-electron chi connectivity index (χ3n) is 4.77. The van der Waals surface area contributed by atoms with Crippen LogP contribution in [0.15, 0.2) is 42.5 Å². The third-order valence-corrected chi connectivity index (χ3v) is 4.77. The second-order valence-electron chi connectivity index (χ2n) is 6.47. The molecule has 3 rings (SSSR count). The summed E-state index contributed by atoms with van der Waals surface area (Å²) in [4.78, 5) is 28.2. The van der Waals surface area contributed by atoms with E-state index in [2.05, 4.69) is 4.90 Å². The lowest BCUT2D eigenvalue weighted by Gasteiger charge is -2.36. The van der Waals surface area contributed by atoms with Gasteiger partial charge in [0.25, 0.3) is 5.91 Å². The maximum atomic E-state index is 13.7. The Bertz CT molecular complexity index is 881. The summed E-state index contributed by atoms with van der Waals surface area (Å²) < 4.78 is 29.0. The number of esters is 1. The molecule has 1 heterocycles. The smallest absolute Gasteiger partial charge is 0.338 e. The molecule has 2 aromatic carbocycles. The number of para-hydroxylation sites is 2. The van der Waals surface area contributed by atoms with Crippen molar-refractivity contribution in [1.29, 1.82) is 0 Å². The van der Waals surface area contributed by atoms with E-state index >= 15 is 0 Å². The largest absolute Gasteiger partial charge is 0.495 e. The summed E-state index contributed by atoms with van der Waals surface area (Å²) >= 11 is 0. The molecule has 2 aromatic rings. The Morgan fingerprint density at radius 3 is 2.31 bits per heavy atom. The molecule has 0 N–H and O–H groups in total. The molecule has 0 saturated carbocycles. The van der Waals surface area contributed by atoms with Gasteiger partial charge in [-0.05, 0) is 30.3 Å². The minimum atomic E-state index is -0.757. The van der Waals surface area contributed by atoms with Gasteiger partial charge in [-0.1, -0.05) is 12.1 Å². The van der Waals surface area contributed by atoms with Crippen molar-refractivity contribution >= 4 is 17.6 Å². The molecule has 154 valence electrons. The Balaban J connectivity index is 1.51. The van der Waals surface area contributed by atoms with Crippen molar-refractivity contribution in [2.45, 2.75) is 0 Å². The van der Waals surface area contributed by atoms with E-state index in [1.807, 2.05) is 24.3 Å². The zero-order valence-electron chi connectivity index (χ0n) is 16.4. The van der Waals surface area contributed by atoms with Crippen LogP contribution in [0, 0.1) is 5.82 Å². The van der Waals surface area contributed by atoms with Gasteiger partial charge in [0.05, 0.1) is 25.5 Å². The molecule has 8 heteroatoms. The van der Waals surface area contributed by atoms with E-state index in [0.717, 1.165) is 17.5 Å². The van der Waals surface area contributed by atoms with Crippen LogP contribution < -0.4 is 14.4 Å². The molecule has 7 nitrogen and oxygen atoms in total. The Kier molecular flexibility index (Phi) is 6.54. The average Bonchev–Trinajstić information content (AvgIpc) is 2.77. The van der Waals surface area contributed by atoms with E-state index in [0.29, 0.717) is 26.2 Å². The molecule has 1 amide bonds. The number of hydrogen-bond acceptors (Lipinski definition) is 6. The van der Waals surface area contributed by atoms with Crippen LogP contribution in [-0.4, -0.2) is 63.8 Å². The summed E-state index contributed by atoms with van der Waals surface area (Å²) in [6.45, 7) is 1.91. The van der Waals surface area contributed by atoms with Crippen molar-refractivity contribution in [2.75, 3.05) is 51.9 Å². The summed E-state index contributed by atoms with van der Waals surface area (Å²) in [5, 5.41) is 0. The van der Waals surface area contributed by atoms with Gasteiger partial charge in [0.15, 0.2) is 18.2 Å². The Labute approximate surface area is 168 Å². The van der Waals surface area contributed by atoms with Crippen LogP contribution in [0.1, 0.15) is 10.4 Å². The third kappa shape index (κ3) is 4.77. The molecule has 1 saturated heterocycles. The van der Waals surface area contributed by atoms with Crippen LogP contribution in [0.4, 0.5) is 10.1 Å². The number of carbonyl (C=O) groups excluding carboxylic acids is 2. The van der Waals surface area contributed by atoms with Crippen LogP contribution in [0.2, 0.25) is 0 Å². The Hall–Kier alpha value is -3.29. The molecule has 29 heavy (non-hydrogen) atoms. The first-order chi connectivity index (χ1) is 14.0. The molecule has 0 spiro atoms. The standard InChI is InChI=1S/C21H23FN2O5/c1-27-18-8-7-15(13-16(18)22)21(26)29-14-20(25)24-11-9-23(10-12-24)17-5-3-4-6-19(17)28-2/h3-8,13H,9-12,14H2,1-2H3. The number of piperazine rings is 1. The van der Waals surface area contributed by atoms with Gasteiger partial charge in [-0.15, -0.1) is 0 Å². The van der Waals surface area contributed by atoms with Gasteiger partial charge in [0.1, 0.15) is 5.75 Å². The lowest BCUT2D eigenvalue weighted by molar-refractivity contribution is -0.134. The lowest BCUT2D eigenvalue weighted by Crippen LogP contribution is -2.50. The van der Waals surface area contributed by atoms with Crippen molar-refractivity contribution in [3.8, 4) is 11.5 Å². The summed E-state index contributed by atoms with van der Waals surface area (Å²) in [5.41, 5.74) is 1.01. The number of amides is 1. The highest BCUT2D eigenvalue weighted by Gasteiger charge is 2.24. The summed E-state index contributed by atoms with van der Waals surface area (Å²) in [7, 11) is 2.96. The van der Waals surface area contributed by atoms with Gasteiger partial charge in [-0.2, -0.15) is 0 Å².